The molecule has 6 nitrogen and oxygen atoms in total. The maximum absolute atomic E-state index is 12.4. The van der Waals surface area contributed by atoms with Gasteiger partial charge in [-0.2, -0.15) is 12.7 Å². The molecule has 2 fully saturated rings. The van der Waals surface area contributed by atoms with E-state index < -0.39 is 10.2 Å². The van der Waals surface area contributed by atoms with Gasteiger partial charge in [-0.15, -0.1) is 12.4 Å². The van der Waals surface area contributed by atoms with Crippen molar-refractivity contribution >= 4 is 28.3 Å². The minimum atomic E-state index is -3.31. The Balaban J connectivity index is 0.00000261. The lowest BCUT2D eigenvalue weighted by Crippen LogP contribution is -2.48. The van der Waals surface area contributed by atoms with Gasteiger partial charge in [-0.05, 0) is 43.9 Å². The Hall–Kier alpha value is -0.860. The minimum Gasteiger partial charge on any atom is -0.369 e. The highest BCUT2D eigenvalue weighted by molar-refractivity contribution is 7.87. The summed E-state index contributed by atoms with van der Waals surface area (Å²) in [7, 11) is -3.31. The molecule has 0 saturated carbocycles. The number of benzene rings is 1. The van der Waals surface area contributed by atoms with Crippen molar-refractivity contribution in [1.82, 2.24) is 13.9 Å². The molecule has 2 heterocycles. The predicted molar refractivity (Wildman–Crippen MR) is 114 cm³/mol. The molecule has 3 rings (SSSR count). The topological polar surface area (TPSA) is 55.9 Å². The average molecular weight is 417 g/mol. The lowest BCUT2D eigenvalue weighted by molar-refractivity contribution is 0.254. The highest BCUT2D eigenvalue weighted by Gasteiger charge is 2.26. The number of nitrogens with one attached hydrogen (secondary N) is 1. The molecule has 0 bridgehead atoms. The summed E-state index contributed by atoms with van der Waals surface area (Å²) >= 11 is 0. The van der Waals surface area contributed by atoms with Crippen LogP contribution in [0.15, 0.2) is 30.3 Å². The third kappa shape index (κ3) is 6.61. The molecule has 154 valence electrons. The number of nitrogens with zero attached hydrogens (tertiary/aromatic N) is 3. The summed E-state index contributed by atoms with van der Waals surface area (Å²) in [6.45, 7) is 9.02. The quantitative estimate of drug-likeness (QED) is 0.692. The molecule has 2 aliphatic heterocycles. The first-order valence-corrected chi connectivity index (χ1v) is 11.3. The number of piperidine rings is 1. The zero-order chi connectivity index (χ0) is 18.4. The Morgan fingerprint density at radius 2 is 1.78 bits per heavy atom. The van der Waals surface area contributed by atoms with Gasteiger partial charge in [0.25, 0.3) is 10.2 Å². The number of para-hydroxylation sites is 1. The zero-order valence-corrected chi connectivity index (χ0v) is 17.8. The van der Waals surface area contributed by atoms with E-state index in [1.54, 1.807) is 4.31 Å². The lowest BCUT2D eigenvalue weighted by atomic mass is 10.0. The van der Waals surface area contributed by atoms with Crippen LogP contribution < -0.4 is 9.62 Å². The second-order valence-corrected chi connectivity index (χ2v) is 9.28. The molecule has 1 unspecified atom stereocenters. The van der Waals surface area contributed by atoms with E-state index in [0.29, 0.717) is 25.6 Å². The standard InChI is InChI=1S/C19H32N4O2S.ClH/c1-18-7-5-12-23(17-18)26(24,25)20-10-6-11-21-13-15-22(16-14-21)19-8-3-2-4-9-19;/h2-4,8-9,18,20H,5-7,10-17H2,1H3;1H. The molecule has 0 spiro atoms. The van der Waals surface area contributed by atoms with Crippen molar-refractivity contribution in [2.24, 2.45) is 5.92 Å². The molecular formula is C19H33ClN4O2S. The average Bonchev–Trinajstić information content (AvgIpc) is 2.66. The predicted octanol–water partition coefficient (Wildman–Crippen LogP) is 2.19. The van der Waals surface area contributed by atoms with Crippen molar-refractivity contribution in [1.29, 1.82) is 0 Å². The first-order chi connectivity index (χ1) is 12.5. The van der Waals surface area contributed by atoms with Crippen LogP contribution in [-0.4, -0.2) is 70.0 Å². The second kappa shape index (κ2) is 10.6. The van der Waals surface area contributed by atoms with Crippen LogP contribution in [0.25, 0.3) is 0 Å². The molecule has 8 heteroatoms. The molecule has 1 N–H and O–H groups in total. The fourth-order valence-electron chi connectivity index (χ4n) is 3.83. The largest absolute Gasteiger partial charge is 0.369 e. The van der Waals surface area contributed by atoms with Crippen LogP contribution in [0.4, 0.5) is 5.69 Å². The van der Waals surface area contributed by atoms with Crippen molar-refractivity contribution in [2.45, 2.75) is 26.2 Å². The smallest absolute Gasteiger partial charge is 0.279 e. The fourth-order valence-corrected chi connectivity index (χ4v) is 5.23. The van der Waals surface area contributed by atoms with Crippen molar-refractivity contribution in [2.75, 3.05) is 57.3 Å². The van der Waals surface area contributed by atoms with Gasteiger partial charge in [-0.25, -0.2) is 4.72 Å². The second-order valence-electron chi connectivity index (χ2n) is 7.52. The molecule has 1 atom stereocenters. The van der Waals surface area contributed by atoms with E-state index in [2.05, 4.69) is 45.7 Å². The van der Waals surface area contributed by atoms with Gasteiger partial charge >= 0.3 is 0 Å². The van der Waals surface area contributed by atoms with Crippen LogP contribution in [0.3, 0.4) is 0 Å². The van der Waals surface area contributed by atoms with E-state index in [-0.39, 0.29) is 12.4 Å². The highest BCUT2D eigenvalue weighted by Crippen LogP contribution is 2.18. The molecule has 1 aromatic rings. The Kier molecular flexibility index (Phi) is 8.82. The Morgan fingerprint density at radius 1 is 1.07 bits per heavy atom. The zero-order valence-electron chi connectivity index (χ0n) is 16.2. The van der Waals surface area contributed by atoms with E-state index in [0.717, 1.165) is 52.0 Å². The SMILES string of the molecule is CC1CCCN(S(=O)(=O)NCCCN2CCN(c3ccccc3)CC2)C1.Cl. The Labute approximate surface area is 170 Å². The van der Waals surface area contributed by atoms with Gasteiger partial charge in [-0.3, -0.25) is 4.90 Å². The molecule has 2 saturated heterocycles. The first-order valence-electron chi connectivity index (χ1n) is 9.82. The molecular weight excluding hydrogens is 384 g/mol. The number of anilines is 1. The normalized spacial score (nSPS) is 22.4. The van der Waals surface area contributed by atoms with Gasteiger partial charge in [0.05, 0.1) is 0 Å². The van der Waals surface area contributed by atoms with Crippen LogP contribution in [0.1, 0.15) is 26.2 Å². The van der Waals surface area contributed by atoms with Gasteiger partial charge in [0.1, 0.15) is 0 Å². The van der Waals surface area contributed by atoms with E-state index in [9.17, 15) is 8.42 Å². The van der Waals surface area contributed by atoms with Crippen molar-refractivity contribution in [3.8, 4) is 0 Å². The lowest BCUT2D eigenvalue weighted by Gasteiger charge is -2.36. The van der Waals surface area contributed by atoms with Gasteiger partial charge in [0.15, 0.2) is 0 Å². The molecule has 0 amide bonds. The summed E-state index contributed by atoms with van der Waals surface area (Å²) in [5.74, 6) is 0.459. The summed E-state index contributed by atoms with van der Waals surface area (Å²) < 4.78 is 29.1. The minimum absolute atomic E-state index is 0. The number of hydrogen-bond donors (Lipinski definition) is 1. The molecule has 2 aliphatic rings. The summed E-state index contributed by atoms with van der Waals surface area (Å²) in [5.41, 5.74) is 1.29. The first kappa shape index (κ1) is 22.4. The van der Waals surface area contributed by atoms with Gasteiger partial charge < -0.3 is 4.90 Å². The van der Waals surface area contributed by atoms with Crippen LogP contribution in [-0.2, 0) is 10.2 Å². The van der Waals surface area contributed by atoms with E-state index in [1.165, 1.54) is 5.69 Å². The fraction of sp³-hybridized carbons (Fsp3) is 0.684. The summed E-state index contributed by atoms with van der Waals surface area (Å²) in [6, 6.07) is 10.5. The van der Waals surface area contributed by atoms with Crippen LogP contribution in [0.2, 0.25) is 0 Å². The Morgan fingerprint density at radius 3 is 2.44 bits per heavy atom. The summed E-state index contributed by atoms with van der Waals surface area (Å²) in [5, 5.41) is 0. The van der Waals surface area contributed by atoms with E-state index in [4.69, 9.17) is 0 Å². The monoisotopic (exact) mass is 416 g/mol. The maximum Gasteiger partial charge on any atom is 0.279 e. The van der Waals surface area contributed by atoms with Gasteiger partial charge in [-0.1, -0.05) is 25.1 Å². The molecule has 1 aromatic carbocycles. The molecule has 0 radical (unpaired) electrons. The summed E-state index contributed by atoms with van der Waals surface area (Å²) in [6.07, 6.45) is 2.95. The Bertz CT molecular complexity index is 651. The molecule has 0 aliphatic carbocycles. The van der Waals surface area contributed by atoms with E-state index in [1.807, 2.05) is 6.07 Å². The van der Waals surface area contributed by atoms with Crippen LogP contribution in [0, 0.1) is 5.92 Å². The highest BCUT2D eigenvalue weighted by atomic mass is 35.5. The van der Waals surface area contributed by atoms with Crippen molar-refractivity contribution in [3.63, 3.8) is 0 Å². The van der Waals surface area contributed by atoms with Gasteiger partial charge in [0, 0.05) is 51.5 Å². The van der Waals surface area contributed by atoms with Crippen LogP contribution >= 0.6 is 12.4 Å². The number of piperazine rings is 1. The third-order valence-corrected chi connectivity index (χ3v) is 6.97. The number of halogens is 1. The molecule has 27 heavy (non-hydrogen) atoms. The maximum atomic E-state index is 12.4. The molecule has 0 aromatic heterocycles. The van der Waals surface area contributed by atoms with Gasteiger partial charge in [0.2, 0.25) is 0 Å². The van der Waals surface area contributed by atoms with Crippen molar-refractivity contribution < 1.29 is 8.42 Å². The third-order valence-electron chi connectivity index (χ3n) is 5.39. The number of hydrogen-bond acceptors (Lipinski definition) is 4. The van der Waals surface area contributed by atoms with Crippen molar-refractivity contribution in [3.05, 3.63) is 30.3 Å². The van der Waals surface area contributed by atoms with Crippen LogP contribution in [0.5, 0.6) is 0 Å². The summed E-state index contributed by atoms with van der Waals surface area (Å²) in [4.78, 5) is 4.84. The number of rotatable bonds is 7. The van der Waals surface area contributed by atoms with E-state index >= 15 is 0 Å².